The normalized spacial score (nSPS) is 16.2. The molecule has 2 N–H and O–H groups in total. The Kier molecular flexibility index (Phi) is 14.2. The molecule has 2 rings (SSSR count). The van der Waals surface area contributed by atoms with Crippen molar-refractivity contribution in [2.45, 2.75) is 12.5 Å². The molecule has 1 aromatic rings. The summed E-state index contributed by atoms with van der Waals surface area (Å²) in [5, 5.41) is 6.80. The van der Waals surface area contributed by atoms with E-state index in [4.69, 9.17) is 9.47 Å². The number of ether oxygens (including phenoxy) is 2. The van der Waals surface area contributed by atoms with Gasteiger partial charge in [-0.3, -0.25) is 9.89 Å². The first-order valence-electron chi connectivity index (χ1n) is 10.3. The van der Waals surface area contributed by atoms with Gasteiger partial charge in [0.05, 0.1) is 19.3 Å². The van der Waals surface area contributed by atoms with Crippen LogP contribution in [0.1, 0.15) is 18.0 Å². The van der Waals surface area contributed by atoms with E-state index in [-0.39, 0.29) is 35.8 Å². The molecule has 0 spiro atoms. The van der Waals surface area contributed by atoms with Gasteiger partial charge in [-0.1, -0.05) is 12.1 Å². The summed E-state index contributed by atoms with van der Waals surface area (Å²) in [6.45, 7) is 7.38. The van der Waals surface area contributed by atoms with Gasteiger partial charge in [0, 0.05) is 60.0 Å². The van der Waals surface area contributed by atoms with Crippen LogP contribution in [0.15, 0.2) is 29.3 Å². The Labute approximate surface area is 197 Å². The van der Waals surface area contributed by atoms with Gasteiger partial charge in [0.25, 0.3) is 0 Å². The summed E-state index contributed by atoms with van der Waals surface area (Å²) in [6, 6.07) is 6.91. The molecule has 0 saturated carbocycles. The van der Waals surface area contributed by atoms with E-state index in [0.29, 0.717) is 6.54 Å². The first-order chi connectivity index (χ1) is 14.1. The molecule has 0 radical (unpaired) electrons. The van der Waals surface area contributed by atoms with Crippen molar-refractivity contribution in [1.29, 1.82) is 0 Å². The van der Waals surface area contributed by atoms with E-state index < -0.39 is 0 Å². The molecule has 1 atom stereocenters. The zero-order valence-electron chi connectivity index (χ0n) is 18.4. The van der Waals surface area contributed by atoms with Crippen molar-refractivity contribution in [1.82, 2.24) is 20.4 Å². The predicted octanol–water partition coefficient (Wildman–Crippen LogP) is 1.95. The Hall–Kier alpha value is -1.01. The third-order valence-corrected chi connectivity index (χ3v) is 5.10. The minimum atomic E-state index is -0.213. The molecule has 0 amide bonds. The molecule has 30 heavy (non-hydrogen) atoms. The summed E-state index contributed by atoms with van der Waals surface area (Å²) in [5.74, 6) is 0.560. The molecule has 1 aromatic carbocycles. The summed E-state index contributed by atoms with van der Waals surface area (Å²) < 4.78 is 24.0. The van der Waals surface area contributed by atoms with Gasteiger partial charge in [0.1, 0.15) is 5.82 Å². The molecule has 1 unspecified atom stereocenters. The second kappa shape index (κ2) is 15.7. The van der Waals surface area contributed by atoms with Gasteiger partial charge in [-0.25, -0.2) is 4.39 Å². The molecular formula is C21H37FIN5O2. The Morgan fingerprint density at radius 3 is 2.57 bits per heavy atom. The van der Waals surface area contributed by atoms with E-state index in [1.807, 2.05) is 12.1 Å². The SMILES string of the molecule is CN=C(NCCN(C)CCCOC)NCC(c1ccc(F)cc1)N1CCOCC1.I. The molecule has 7 nitrogen and oxygen atoms in total. The van der Waals surface area contributed by atoms with Crippen LogP contribution in [0.4, 0.5) is 4.39 Å². The number of likely N-dealkylation sites (N-methyl/N-ethyl adjacent to an activating group) is 1. The van der Waals surface area contributed by atoms with Crippen LogP contribution < -0.4 is 10.6 Å². The zero-order chi connectivity index (χ0) is 20.9. The van der Waals surface area contributed by atoms with Gasteiger partial charge in [-0.05, 0) is 31.2 Å². The van der Waals surface area contributed by atoms with Crippen molar-refractivity contribution in [3.63, 3.8) is 0 Å². The standard InChI is InChI=1S/C21H36FN5O2.HI/c1-23-21(24-9-11-26(2)10-4-14-28-3)25-17-20(27-12-15-29-16-13-27)18-5-7-19(22)8-6-18;/h5-8,20H,4,9-17H2,1-3H3,(H2,23,24,25);1H. The van der Waals surface area contributed by atoms with E-state index in [9.17, 15) is 4.39 Å². The second-order valence-corrected chi connectivity index (χ2v) is 7.25. The van der Waals surface area contributed by atoms with Gasteiger partial charge in [-0.2, -0.15) is 0 Å². The number of halogens is 2. The molecule has 0 aliphatic carbocycles. The average Bonchev–Trinajstić information content (AvgIpc) is 2.74. The zero-order valence-corrected chi connectivity index (χ0v) is 20.7. The molecule has 0 bridgehead atoms. The largest absolute Gasteiger partial charge is 0.385 e. The van der Waals surface area contributed by atoms with E-state index in [0.717, 1.165) is 70.5 Å². The number of hydrogen-bond acceptors (Lipinski definition) is 5. The lowest BCUT2D eigenvalue weighted by molar-refractivity contribution is 0.0170. The molecule has 1 aliphatic rings. The number of guanidine groups is 1. The Balaban J connectivity index is 0.00000450. The van der Waals surface area contributed by atoms with Gasteiger partial charge >= 0.3 is 0 Å². The summed E-state index contributed by atoms with van der Waals surface area (Å²) >= 11 is 0. The highest BCUT2D eigenvalue weighted by atomic mass is 127. The number of rotatable bonds is 11. The average molecular weight is 537 g/mol. The predicted molar refractivity (Wildman–Crippen MR) is 130 cm³/mol. The molecule has 1 fully saturated rings. The van der Waals surface area contributed by atoms with Crippen molar-refractivity contribution in [3.05, 3.63) is 35.6 Å². The van der Waals surface area contributed by atoms with E-state index in [2.05, 4.69) is 32.5 Å². The smallest absolute Gasteiger partial charge is 0.191 e. The summed E-state index contributed by atoms with van der Waals surface area (Å²) in [5.41, 5.74) is 1.09. The summed E-state index contributed by atoms with van der Waals surface area (Å²) in [6.07, 6.45) is 1.03. The van der Waals surface area contributed by atoms with Crippen LogP contribution >= 0.6 is 24.0 Å². The van der Waals surface area contributed by atoms with Crippen molar-refractivity contribution in [2.75, 3.05) is 80.3 Å². The maximum Gasteiger partial charge on any atom is 0.191 e. The lowest BCUT2D eigenvalue weighted by atomic mass is 10.0. The molecule has 172 valence electrons. The number of nitrogens with one attached hydrogen (secondary N) is 2. The van der Waals surface area contributed by atoms with Gasteiger partial charge in [-0.15, -0.1) is 24.0 Å². The van der Waals surface area contributed by atoms with Crippen LogP contribution in [-0.2, 0) is 9.47 Å². The number of aliphatic imine (C=N–C) groups is 1. The number of methoxy groups -OCH3 is 1. The Morgan fingerprint density at radius 1 is 1.23 bits per heavy atom. The maximum atomic E-state index is 13.4. The molecule has 1 heterocycles. The van der Waals surface area contributed by atoms with E-state index >= 15 is 0 Å². The Morgan fingerprint density at radius 2 is 1.93 bits per heavy atom. The highest BCUT2D eigenvalue weighted by Gasteiger charge is 2.23. The van der Waals surface area contributed by atoms with Crippen molar-refractivity contribution in [3.8, 4) is 0 Å². The number of benzene rings is 1. The Bertz CT molecular complexity index is 600. The summed E-state index contributed by atoms with van der Waals surface area (Å²) in [7, 11) is 5.61. The van der Waals surface area contributed by atoms with E-state index in [1.54, 1.807) is 14.2 Å². The fourth-order valence-electron chi connectivity index (χ4n) is 3.40. The number of hydrogen-bond donors (Lipinski definition) is 2. The van der Waals surface area contributed by atoms with Crippen LogP contribution in [0.5, 0.6) is 0 Å². The lowest BCUT2D eigenvalue weighted by Crippen LogP contribution is -2.47. The first-order valence-corrected chi connectivity index (χ1v) is 10.3. The van der Waals surface area contributed by atoms with Crippen LogP contribution in [-0.4, -0.2) is 96.1 Å². The van der Waals surface area contributed by atoms with Crippen LogP contribution in [0.2, 0.25) is 0 Å². The van der Waals surface area contributed by atoms with E-state index in [1.165, 1.54) is 12.1 Å². The monoisotopic (exact) mass is 537 g/mol. The van der Waals surface area contributed by atoms with Crippen LogP contribution in [0.25, 0.3) is 0 Å². The molecule has 0 aromatic heterocycles. The minimum absolute atomic E-state index is 0. The van der Waals surface area contributed by atoms with Gasteiger partial charge in [0.2, 0.25) is 0 Å². The molecular weight excluding hydrogens is 500 g/mol. The van der Waals surface area contributed by atoms with Gasteiger partial charge in [0.15, 0.2) is 5.96 Å². The lowest BCUT2D eigenvalue weighted by Gasteiger charge is -2.35. The fourth-order valence-corrected chi connectivity index (χ4v) is 3.40. The van der Waals surface area contributed by atoms with Crippen LogP contribution in [0.3, 0.4) is 0 Å². The minimum Gasteiger partial charge on any atom is -0.385 e. The third-order valence-electron chi connectivity index (χ3n) is 5.10. The highest BCUT2D eigenvalue weighted by Crippen LogP contribution is 2.21. The third kappa shape index (κ3) is 9.86. The van der Waals surface area contributed by atoms with Crippen molar-refractivity contribution >= 4 is 29.9 Å². The quantitative estimate of drug-likeness (QED) is 0.195. The van der Waals surface area contributed by atoms with Crippen molar-refractivity contribution in [2.24, 2.45) is 4.99 Å². The molecule has 9 heteroatoms. The molecule has 1 saturated heterocycles. The summed E-state index contributed by atoms with van der Waals surface area (Å²) in [4.78, 5) is 8.99. The van der Waals surface area contributed by atoms with Gasteiger partial charge < -0.3 is 25.0 Å². The first kappa shape index (κ1) is 27.0. The number of morpholine rings is 1. The van der Waals surface area contributed by atoms with Crippen molar-refractivity contribution < 1.29 is 13.9 Å². The maximum absolute atomic E-state index is 13.4. The molecule has 1 aliphatic heterocycles. The number of nitrogens with zero attached hydrogens (tertiary/aromatic N) is 3. The van der Waals surface area contributed by atoms with Crippen LogP contribution in [0, 0.1) is 5.82 Å². The second-order valence-electron chi connectivity index (χ2n) is 7.25. The highest BCUT2D eigenvalue weighted by molar-refractivity contribution is 14.0. The topological polar surface area (TPSA) is 61.4 Å². The fraction of sp³-hybridized carbons (Fsp3) is 0.667.